The minimum Gasteiger partial charge on any atom is -0.459 e. The van der Waals surface area contributed by atoms with Gasteiger partial charge in [-0.1, -0.05) is 0 Å². The van der Waals surface area contributed by atoms with Crippen molar-refractivity contribution in [2.45, 2.75) is 38.2 Å². The van der Waals surface area contributed by atoms with Crippen LogP contribution in [0.2, 0.25) is 0 Å². The number of amides is 2. The van der Waals surface area contributed by atoms with Crippen LogP contribution >= 0.6 is 0 Å². The van der Waals surface area contributed by atoms with E-state index in [0.29, 0.717) is 12.5 Å². The predicted octanol–water partition coefficient (Wildman–Crippen LogP) is 1.07. The van der Waals surface area contributed by atoms with Crippen molar-refractivity contribution in [3.8, 4) is 0 Å². The van der Waals surface area contributed by atoms with Crippen molar-refractivity contribution in [2.75, 3.05) is 13.1 Å². The Morgan fingerprint density at radius 2 is 2.00 bits per heavy atom. The maximum atomic E-state index is 11.7. The number of nitrogens with one attached hydrogen (secondary N) is 2. The van der Waals surface area contributed by atoms with Crippen molar-refractivity contribution in [1.29, 1.82) is 0 Å². The zero-order valence-electron chi connectivity index (χ0n) is 12.0. The number of hydrogen-bond donors (Lipinski definition) is 3. The van der Waals surface area contributed by atoms with E-state index < -0.39 is 0 Å². The van der Waals surface area contributed by atoms with Gasteiger partial charge in [0.1, 0.15) is 0 Å². The quantitative estimate of drug-likeness (QED) is 0.732. The van der Waals surface area contributed by atoms with Crippen molar-refractivity contribution in [3.05, 3.63) is 24.2 Å². The van der Waals surface area contributed by atoms with E-state index in [1.807, 2.05) is 0 Å². The molecule has 0 bridgehead atoms. The summed E-state index contributed by atoms with van der Waals surface area (Å²) < 4.78 is 4.96. The number of aliphatic hydroxyl groups is 1. The molecule has 116 valence electrons. The summed E-state index contributed by atoms with van der Waals surface area (Å²) in [6, 6.07) is 3.22. The highest BCUT2D eigenvalue weighted by Gasteiger charge is 2.19. The fourth-order valence-electron chi connectivity index (χ4n) is 2.48. The zero-order chi connectivity index (χ0) is 15.1. The molecule has 0 aliphatic heterocycles. The number of carbonyl (C=O) groups excluding carboxylic acids is 2. The number of furan rings is 1. The lowest BCUT2D eigenvalue weighted by molar-refractivity contribution is -0.121. The summed E-state index contributed by atoms with van der Waals surface area (Å²) in [6.45, 7) is 0.937. The zero-order valence-corrected chi connectivity index (χ0v) is 12.0. The minimum absolute atomic E-state index is 0.0686. The molecule has 0 radical (unpaired) electrons. The number of hydrogen-bond acceptors (Lipinski definition) is 4. The van der Waals surface area contributed by atoms with Crippen molar-refractivity contribution in [1.82, 2.24) is 10.6 Å². The molecule has 21 heavy (non-hydrogen) atoms. The Morgan fingerprint density at radius 3 is 2.67 bits per heavy atom. The third-order valence-electron chi connectivity index (χ3n) is 3.79. The van der Waals surface area contributed by atoms with E-state index in [2.05, 4.69) is 10.6 Å². The fraction of sp³-hybridized carbons (Fsp3) is 0.600. The standard InChI is InChI=1S/C15H22N2O4/c18-12-5-3-11(4-6-12)10-17-14(19)7-8-16-15(20)13-2-1-9-21-13/h1-2,9,11-12,18H,3-8,10H2,(H,16,20)(H,17,19). The van der Waals surface area contributed by atoms with E-state index in [-0.39, 0.29) is 36.6 Å². The Kier molecular flexibility index (Phi) is 5.80. The van der Waals surface area contributed by atoms with E-state index in [9.17, 15) is 14.7 Å². The van der Waals surface area contributed by atoms with Crippen LogP contribution in [0.25, 0.3) is 0 Å². The molecule has 6 heteroatoms. The van der Waals surface area contributed by atoms with Crippen LogP contribution < -0.4 is 10.6 Å². The lowest BCUT2D eigenvalue weighted by atomic mass is 9.87. The van der Waals surface area contributed by atoms with Crippen molar-refractivity contribution >= 4 is 11.8 Å². The maximum Gasteiger partial charge on any atom is 0.286 e. The van der Waals surface area contributed by atoms with Crippen LogP contribution in [-0.4, -0.2) is 36.1 Å². The van der Waals surface area contributed by atoms with E-state index in [4.69, 9.17) is 4.42 Å². The van der Waals surface area contributed by atoms with Crippen LogP contribution in [0.1, 0.15) is 42.7 Å². The van der Waals surface area contributed by atoms with Gasteiger partial charge in [0.25, 0.3) is 5.91 Å². The highest BCUT2D eigenvalue weighted by molar-refractivity contribution is 5.91. The molecular weight excluding hydrogens is 272 g/mol. The molecule has 2 amide bonds. The summed E-state index contributed by atoms with van der Waals surface area (Å²) in [5.74, 6) is 0.321. The second kappa shape index (κ2) is 7.83. The summed E-state index contributed by atoms with van der Waals surface area (Å²) in [7, 11) is 0. The van der Waals surface area contributed by atoms with E-state index in [1.54, 1.807) is 12.1 Å². The van der Waals surface area contributed by atoms with E-state index in [1.165, 1.54) is 6.26 Å². The second-order valence-corrected chi connectivity index (χ2v) is 5.46. The van der Waals surface area contributed by atoms with Crippen LogP contribution in [-0.2, 0) is 4.79 Å². The highest BCUT2D eigenvalue weighted by Crippen LogP contribution is 2.23. The first-order valence-electron chi connectivity index (χ1n) is 7.41. The lowest BCUT2D eigenvalue weighted by Gasteiger charge is -2.25. The Morgan fingerprint density at radius 1 is 1.24 bits per heavy atom. The molecule has 3 N–H and O–H groups in total. The summed E-state index contributed by atoms with van der Waals surface area (Å²) in [5.41, 5.74) is 0. The van der Waals surface area contributed by atoms with Crippen LogP contribution in [0.3, 0.4) is 0 Å². The number of carbonyl (C=O) groups is 2. The van der Waals surface area contributed by atoms with Crippen LogP contribution in [0, 0.1) is 5.92 Å². The van der Waals surface area contributed by atoms with Crippen molar-refractivity contribution < 1.29 is 19.1 Å². The predicted molar refractivity (Wildman–Crippen MR) is 76.6 cm³/mol. The molecule has 0 aromatic carbocycles. The van der Waals surface area contributed by atoms with E-state index in [0.717, 1.165) is 25.7 Å². The molecule has 1 fully saturated rings. The Labute approximate surface area is 123 Å². The van der Waals surface area contributed by atoms with Gasteiger partial charge in [0.05, 0.1) is 12.4 Å². The smallest absolute Gasteiger partial charge is 0.286 e. The van der Waals surface area contributed by atoms with Crippen LogP contribution in [0.4, 0.5) is 0 Å². The molecule has 0 unspecified atom stereocenters. The fourth-order valence-corrected chi connectivity index (χ4v) is 2.48. The molecule has 1 aliphatic carbocycles. The SMILES string of the molecule is O=C(CCNC(=O)c1ccco1)NCC1CCC(O)CC1. The Bertz CT molecular complexity index is 450. The highest BCUT2D eigenvalue weighted by atomic mass is 16.3. The maximum absolute atomic E-state index is 11.7. The van der Waals surface area contributed by atoms with Crippen LogP contribution in [0.5, 0.6) is 0 Å². The van der Waals surface area contributed by atoms with Gasteiger partial charge in [-0.3, -0.25) is 9.59 Å². The monoisotopic (exact) mass is 294 g/mol. The first-order chi connectivity index (χ1) is 10.1. The minimum atomic E-state index is -0.311. The molecule has 1 aliphatic rings. The van der Waals surface area contributed by atoms with Crippen molar-refractivity contribution in [3.63, 3.8) is 0 Å². The molecule has 1 heterocycles. The summed E-state index contributed by atoms with van der Waals surface area (Å²) in [4.78, 5) is 23.2. The second-order valence-electron chi connectivity index (χ2n) is 5.46. The molecule has 0 spiro atoms. The Hall–Kier alpha value is -1.82. The number of rotatable bonds is 6. The van der Waals surface area contributed by atoms with E-state index >= 15 is 0 Å². The number of aliphatic hydroxyl groups excluding tert-OH is 1. The lowest BCUT2D eigenvalue weighted by Crippen LogP contribution is -2.34. The normalized spacial score (nSPS) is 21.8. The van der Waals surface area contributed by atoms with Crippen LogP contribution in [0.15, 0.2) is 22.8 Å². The van der Waals surface area contributed by atoms with Gasteiger partial charge in [0.2, 0.25) is 5.91 Å². The average molecular weight is 294 g/mol. The molecule has 6 nitrogen and oxygen atoms in total. The third kappa shape index (κ3) is 5.23. The van der Waals surface area contributed by atoms with Gasteiger partial charge in [-0.15, -0.1) is 0 Å². The Balaban J connectivity index is 1.56. The topological polar surface area (TPSA) is 91.6 Å². The largest absolute Gasteiger partial charge is 0.459 e. The molecule has 0 atom stereocenters. The van der Waals surface area contributed by atoms with Gasteiger partial charge in [-0.25, -0.2) is 0 Å². The van der Waals surface area contributed by atoms with Crippen molar-refractivity contribution in [2.24, 2.45) is 5.92 Å². The molecular formula is C15H22N2O4. The van der Waals surface area contributed by atoms with Gasteiger partial charge in [-0.05, 0) is 43.7 Å². The van der Waals surface area contributed by atoms with Gasteiger partial charge < -0.3 is 20.2 Å². The molecule has 1 aromatic rings. The first kappa shape index (κ1) is 15.6. The summed E-state index contributed by atoms with van der Waals surface area (Å²) >= 11 is 0. The molecule has 1 saturated carbocycles. The van der Waals surface area contributed by atoms with Gasteiger partial charge in [0.15, 0.2) is 5.76 Å². The molecule has 1 aromatic heterocycles. The van der Waals surface area contributed by atoms with Gasteiger partial charge in [0, 0.05) is 19.5 Å². The van der Waals surface area contributed by atoms with Gasteiger partial charge >= 0.3 is 0 Å². The van der Waals surface area contributed by atoms with Gasteiger partial charge in [-0.2, -0.15) is 0 Å². The average Bonchev–Trinajstić information content (AvgIpc) is 3.01. The summed E-state index contributed by atoms with van der Waals surface area (Å²) in [6.07, 6.45) is 5.06. The summed E-state index contributed by atoms with van der Waals surface area (Å²) in [5, 5.41) is 14.9. The molecule has 0 saturated heterocycles. The first-order valence-corrected chi connectivity index (χ1v) is 7.41. The molecule has 2 rings (SSSR count). The third-order valence-corrected chi connectivity index (χ3v) is 3.79.